The molecule has 1 aromatic heterocycles. The maximum atomic E-state index is 12.4. The molecule has 1 fully saturated rings. The molecule has 0 radical (unpaired) electrons. The van der Waals surface area contributed by atoms with Crippen molar-refractivity contribution in [3.8, 4) is 0 Å². The Labute approximate surface area is 128 Å². The number of nitrogens with one attached hydrogen (secondary N) is 2. The topological polar surface area (TPSA) is 63.1 Å². The van der Waals surface area contributed by atoms with Crippen molar-refractivity contribution in [1.82, 2.24) is 14.6 Å². The third kappa shape index (κ3) is 4.31. The summed E-state index contributed by atoms with van der Waals surface area (Å²) in [7, 11) is -1.53. The second-order valence-electron chi connectivity index (χ2n) is 6.06. The lowest BCUT2D eigenvalue weighted by molar-refractivity contribution is 0.491. The minimum Gasteiger partial charge on any atom is -0.349 e. The quantitative estimate of drug-likeness (QED) is 0.732. The van der Waals surface area contributed by atoms with E-state index in [2.05, 4.69) is 23.9 Å². The molecule has 1 saturated carbocycles. The van der Waals surface area contributed by atoms with Crippen molar-refractivity contribution in [2.45, 2.75) is 51.1 Å². The van der Waals surface area contributed by atoms with Crippen LogP contribution < -0.4 is 10.0 Å². The van der Waals surface area contributed by atoms with Crippen molar-refractivity contribution in [3.05, 3.63) is 18.0 Å². The van der Waals surface area contributed by atoms with Crippen LogP contribution in [-0.2, 0) is 23.1 Å². The summed E-state index contributed by atoms with van der Waals surface area (Å²) in [4.78, 5) is 0.379. The number of rotatable bonds is 9. The molecule has 21 heavy (non-hydrogen) atoms. The Morgan fingerprint density at radius 3 is 2.71 bits per heavy atom. The third-order valence-corrected chi connectivity index (χ3v) is 5.51. The molecule has 1 aliphatic rings. The number of nitrogens with zero attached hydrogens (tertiary/aromatic N) is 1. The number of aryl methyl sites for hydroxylation is 1. The van der Waals surface area contributed by atoms with Crippen molar-refractivity contribution in [3.63, 3.8) is 0 Å². The molecule has 1 aromatic rings. The molecule has 0 aromatic carbocycles. The van der Waals surface area contributed by atoms with Gasteiger partial charge in [-0.1, -0.05) is 13.8 Å². The van der Waals surface area contributed by atoms with E-state index in [4.69, 9.17) is 0 Å². The Morgan fingerprint density at radius 2 is 2.14 bits per heavy atom. The zero-order valence-corrected chi connectivity index (χ0v) is 14.0. The van der Waals surface area contributed by atoms with Gasteiger partial charge in [0.1, 0.15) is 0 Å². The maximum absolute atomic E-state index is 12.4. The van der Waals surface area contributed by atoms with Gasteiger partial charge < -0.3 is 9.88 Å². The number of aromatic nitrogens is 1. The molecular weight excluding hydrogens is 286 g/mol. The first-order chi connectivity index (χ1) is 9.97. The highest BCUT2D eigenvalue weighted by Crippen LogP contribution is 2.36. The Kier molecular flexibility index (Phi) is 5.46. The number of hydrogen-bond donors (Lipinski definition) is 2. The van der Waals surface area contributed by atoms with E-state index in [-0.39, 0.29) is 0 Å². The van der Waals surface area contributed by atoms with E-state index in [0.717, 1.165) is 18.7 Å². The predicted molar refractivity (Wildman–Crippen MR) is 84.6 cm³/mol. The first kappa shape index (κ1) is 16.5. The van der Waals surface area contributed by atoms with E-state index < -0.39 is 10.0 Å². The second-order valence-corrected chi connectivity index (χ2v) is 7.82. The van der Waals surface area contributed by atoms with E-state index in [1.54, 1.807) is 12.3 Å². The van der Waals surface area contributed by atoms with Gasteiger partial charge >= 0.3 is 0 Å². The van der Waals surface area contributed by atoms with Gasteiger partial charge in [0, 0.05) is 31.5 Å². The van der Waals surface area contributed by atoms with E-state index >= 15 is 0 Å². The molecule has 6 heteroatoms. The van der Waals surface area contributed by atoms with E-state index in [1.807, 2.05) is 11.6 Å². The molecule has 0 saturated heterocycles. The molecular formula is C15H27N3O2S. The highest BCUT2D eigenvalue weighted by Gasteiger charge is 2.29. The molecule has 1 aliphatic carbocycles. The first-order valence-corrected chi connectivity index (χ1v) is 9.29. The standard InChI is InChI=1S/C15H27N3O2S/c1-4-7-18-11-15(8-14(18)10-16-3)21(19,20)17-9-12(2)13-5-6-13/h8,11-13,16-17H,4-7,9-10H2,1-3H3. The van der Waals surface area contributed by atoms with Crippen LogP contribution in [0.2, 0.25) is 0 Å². The SMILES string of the molecule is CCCn1cc(S(=O)(=O)NCC(C)C2CC2)cc1CNC. The molecule has 120 valence electrons. The average Bonchev–Trinajstić information content (AvgIpc) is 3.21. The van der Waals surface area contributed by atoms with Gasteiger partial charge in [0.05, 0.1) is 4.90 Å². The predicted octanol–water partition coefficient (Wildman–Crippen LogP) is 1.94. The lowest BCUT2D eigenvalue weighted by Crippen LogP contribution is -2.29. The average molecular weight is 313 g/mol. The summed E-state index contributed by atoms with van der Waals surface area (Å²) in [5, 5.41) is 3.08. The third-order valence-electron chi connectivity index (χ3n) is 4.12. The summed E-state index contributed by atoms with van der Waals surface area (Å²) in [6.45, 7) is 6.26. The Bertz CT molecular complexity index is 538. The lowest BCUT2D eigenvalue weighted by atomic mass is 10.1. The molecule has 1 atom stereocenters. The minimum atomic E-state index is -3.40. The molecule has 2 rings (SSSR count). The molecule has 0 aliphatic heterocycles. The van der Waals surface area contributed by atoms with Crippen LogP contribution in [-0.4, -0.2) is 26.6 Å². The molecule has 5 nitrogen and oxygen atoms in total. The van der Waals surface area contributed by atoms with Crippen molar-refractivity contribution in [2.24, 2.45) is 11.8 Å². The minimum absolute atomic E-state index is 0.379. The van der Waals surface area contributed by atoms with Gasteiger partial charge in [-0.2, -0.15) is 0 Å². The van der Waals surface area contributed by atoms with Crippen LogP contribution in [0.3, 0.4) is 0 Å². The van der Waals surface area contributed by atoms with Crippen LogP contribution >= 0.6 is 0 Å². The van der Waals surface area contributed by atoms with Crippen molar-refractivity contribution >= 4 is 10.0 Å². The smallest absolute Gasteiger partial charge is 0.242 e. The lowest BCUT2D eigenvalue weighted by Gasteiger charge is -2.11. The van der Waals surface area contributed by atoms with Crippen molar-refractivity contribution in [1.29, 1.82) is 0 Å². The van der Waals surface area contributed by atoms with E-state index in [9.17, 15) is 8.42 Å². The molecule has 0 bridgehead atoms. The summed E-state index contributed by atoms with van der Waals surface area (Å²) < 4.78 is 29.6. The van der Waals surface area contributed by atoms with Crippen LogP contribution in [0.15, 0.2) is 17.2 Å². The first-order valence-electron chi connectivity index (χ1n) is 7.81. The van der Waals surface area contributed by atoms with Crippen LogP contribution in [0.4, 0.5) is 0 Å². The number of sulfonamides is 1. The van der Waals surface area contributed by atoms with Crippen molar-refractivity contribution in [2.75, 3.05) is 13.6 Å². The van der Waals surface area contributed by atoms with Gasteiger partial charge in [-0.3, -0.25) is 0 Å². The summed E-state index contributed by atoms with van der Waals surface area (Å²) in [6.07, 6.45) is 5.21. The molecule has 0 amide bonds. The Hall–Kier alpha value is -0.850. The highest BCUT2D eigenvalue weighted by molar-refractivity contribution is 7.89. The highest BCUT2D eigenvalue weighted by atomic mass is 32.2. The summed E-state index contributed by atoms with van der Waals surface area (Å²) in [5.41, 5.74) is 1.01. The van der Waals surface area contributed by atoms with Crippen LogP contribution in [0, 0.1) is 11.8 Å². The molecule has 1 heterocycles. The van der Waals surface area contributed by atoms with Crippen LogP contribution in [0.25, 0.3) is 0 Å². The van der Waals surface area contributed by atoms with Gasteiger partial charge in [0.25, 0.3) is 0 Å². The largest absolute Gasteiger partial charge is 0.349 e. The fraction of sp³-hybridized carbons (Fsp3) is 0.733. The molecule has 1 unspecified atom stereocenters. The molecule has 2 N–H and O–H groups in total. The number of hydrogen-bond acceptors (Lipinski definition) is 3. The van der Waals surface area contributed by atoms with Crippen molar-refractivity contribution < 1.29 is 8.42 Å². The zero-order valence-electron chi connectivity index (χ0n) is 13.2. The van der Waals surface area contributed by atoms with Gasteiger partial charge in [-0.25, -0.2) is 13.1 Å². The van der Waals surface area contributed by atoms with Gasteiger partial charge in [-0.05, 0) is 44.2 Å². The van der Waals surface area contributed by atoms with Crippen LogP contribution in [0.5, 0.6) is 0 Å². The summed E-state index contributed by atoms with van der Waals surface area (Å²) in [5.74, 6) is 1.13. The Balaban J connectivity index is 2.08. The zero-order chi connectivity index (χ0) is 15.5. The van der Waals surface area contributed by atoms with Gasteiger partial charge in [0.2, 0.25) is 10.0 Å². The fourth-order valence-electron chi connectivity index (χ4n) is 2.61. The summed E-state index contributed by atoms with van der Waals surface area (Å²) in [6, 6.07) is 1.77. The van der Waals surface area contributed by atoms with Gasteiger partial charge in [0.15, 0.2) is 0 Å². The maximum Gasteiger partial charge on any atom is 0.242 e. The van der Waals surface area contributed by atoms with Gasteiger partial charge in [-0.15, -0.1) is 0 Å². The second kappa shape index (κ2) is 6.94. The van der Waals surface area contributed by atoms with E-state index in [0.29, 0.717) is 29.8 Å². The molecule has 0 spiro atoms. The van der Waals surface area contributed by atoms with E-state index in [1.165, 1.54) is 12.8 Å². The fourth-order valence-corrected chi connectivity index (χ4v) is 3.81. The summed E-state index contributed by atoms with van der Waals surface area (Å²) >= 11 is 0. The van der Waals surface area contributed by atoms with Crippen LogP contribution in [0.1, 0.15) is 38.8 Å². The Morgan fingerprint density at radius 1 is 1.43 bits per heavy atom. The monoisotopic (exact) mass is 313 g/mol. The normalized spacial score (nSPS) is 17.1.